The first-order valence-electron chi connectivity index (χ1n) is 5.87. The van der Waals surface area contributed by atoms with Crippen LogP contribution in [0.3, 0.4) is 0 Å². The van der Waals surface area contributed by atoms with Crippen LogP contribution in [0.25, 0.3) is 0 Å². The van der Waals surface area contributed by atoms with E-state index in [0.717, 1.165) is 0 Å². The summed E-state index contributed by atoms with van der Waals surface area (Å²) in [5.74, 6) is 0. The molecule has 0 spiro atoms. The highest BCUT2D eigenvalue weighted by atomic mass is 15.2. The Balaban J connectivity index is 2.13. The SMILES string of the molecule is C[C@@H]1CCCCN1c1ccc(CN)cc1. The summed E-state index contributed by atoms with van der Waals surface area (Å²) in [5.41, 5.74) is 8.15. The van der Waals surface area contributed by atoms with Crippen molar-refractivity contribution in [3.8, 4) is 0 Å². The second-order valence-corrected chi connectivity index (χ2v) is 4.41. The first-order chi connectivity index (χ1) is 7.31. The lowest BCUT2D eigenvalue weighted by atomic mass is 10.0. The summed E-state index contributed by atoms with van der Waals surface area (Å²) in [6.45, 7) is 4.15. The van der Waals surface area contributed by atoms with Crippen LogP contribution in [0.2, 0.25) is 0 Å². The Labute approximate surface area is 92.1 Å². The van der Waals surface area contributed by atoms with Crippen LogP contribution in [0, 0.1) is 0 Å². The van der Waals surface area contributed by atoms with Crippen LogP contribution in [0.4, 0.5) is 5.69 Å². The molecule has 1 fully saturated rings. The molecule has 1 saturated heterocycles. The molecule has 0 amide bonds. The first kappa shape index (κ1) is 10.5. The number of hydrogen-bond acceptors (Lipinski definition) is 2. The summed E-state index contributed by atoms with van der Waals surface area (Å²) in [7, 11) is 0. The molecule has 0 unspecified atom stereocenters. The Hall–Kier alpha value is -1.02. The van der Waals surface area contributed by atoms with Crippen molar-refractivity contribution in [1.82, 2.24) is 0 Å². The van der Waals surface area contributed by atoms with Gasteiger partial charge in [-0.15, -0.1) is 0 Å². The molecular weight excluding hydrogens is 184 g/mol. The zero-order valence-corrected chi connectivity index (χ0v) is 9.45. The maximum Gasteiger partial charge on any atom is 0.0368 e. The minimum absolute atomic E-state index is 0.635. The van der Waals surface area contributed by atoms with Crippen molar-refractivity contribution in [1.29, 1.82) is 0 Å². The Morgan fingerprint density at radius 2 is 2.00 bits per heavy atom. The molecule has 0 saturated carbocycles. The van der Waals surface area contributed by atoms with Gasteiger partial charge in [-0.25, -0.2) is 0 Å². The monoisotopic (exact) mass is 204 g/mol. The number of nitrogens with two attached hydrogens (primary N) is 1. The maximum absolute atomic E-state index is 5.59. The van der Waals surface area contributed by atoms with Gasteiger partial charge in [0.15, 0.2) is 0 Å². The van der Waals surface area contributed by atoms with Crippen LogP contribution in [0.1, 0.15) is 31.7 Å². The molecule has 0 bridgehead atoms. The molecule has 15 heavy (non-hydrogen) atoms. The van der Waals surface area contributed by atoms with Gasteiger partial charge in [0.25, 0.3) is 0 Å². The third kappa shape index (κ3) is 2.32. The van der Waals surface area contributed by atoms with Crippen molar-refractivity contribution in [3.05, 3.63) is 29.8 Å². The number of piperidine rings is 1. The molecule has 1 aromatic rings. The van der Waals surface area contributed by atoms with Gasteiger partial charge >= 0.3 is 0 Å². The Morgan fingerprint density at radius 1 is 1.27 bits per heavy atom. The molecule has 1 aromatic carbocycles. The Bertz CT molecular complexity index is 305. The second-order valence-electron chi connectivity index (χ2n) is 4.41. The predicted octanol–water partition coefficient (Wildman–Crippen LogP) is 2.52. The van der Waals surface area contributed by atoms with E-state index in [0.29, 0.717) is 12.6 Å². The van der Waals surface area contributed by atoms with Crippen molar-refractivity contribution in [2.75, 3.05) is 11.4 Å². The van der Waals surface area contributed by atoms with Gasteiger partial charge in [-0.1, -0.05) is 12.1 Å². The van der Waals surface area contributed by atoms with Crippen LogP contribution in [-0.2, 0) is 6.54 Å². The summed E-state index contributed by atoms with van der Waals surface area (Å²) in [5, 5.41) is 0. The standard InChI is InChI=1S/C13H20N2/c1-11-4-2-3-9-15(11)13-7-5-12(10-14)6-8-13/h5-8,11H,2-4,9-10,14H2,1H3/t11-/m1/s1. The van der Waals surface area contributed by atoms with E-state index >= 15 is 0 Å². The average Bonchev–Trinajstić information content (AvgIpc) is 2.30. The smallest absolute Gasteiger partial charge is 0.0368 e. The highest BCUT2D eigenvalue weighted by Crippen LogP contribution is 2.24. The Morgan fingerprint density at radius 3 is 2.60 bits per heavy atom. The minimum atomic E-state index is 0.635. The average molecular weight is 204 g/mol. The number of anilines is 1. The zero-order valence-electron chi connectivity index (χ0n) is 9.45. The third-order valence-corrected chi connectivity index (χ3v) is 3.31. The summed E-state index contributed by atoms with van der Waals surface area (Å²) in [6.07, 6.45) is 4.01. The molecule has 2 heteroatoms. The van der Waals surface area contributed by atoms with E-state index in [1.165, 1.54) is 37.1 Å². The van der Waals surface area contributed by atoms with E-state index in [-0.39, 0.29) is 0 Å². The van der Waals surface area contributed by atoms with Gasteiger partial charge in [0.05, 0.1) is 0 Å². The van der Waals surface area contributed by atoms with Crippen molar-refractivity contribution < 1.29 is 0 Å². The van der Waals surface area contributed by atoms with Gasteiger partial charge in [0, 0.05) is 24.8 Å². The summed E-state index contributed by atoms with van der Waals surface area (Å²) < 4.78 is 0. The highest BCUT2D eigenvalue weighted by molar-refractivity contribution is 5.48. The van der Waals surface area contributed by atoms with Gasteiger partial charge in [-0.2, -0.15) is 0 Å². The zero-order chi connectivity index (χ0) is 10.7. The molecule has 0 aromatic heterocycles. The predicted molar refractivity (Wildman–Crippen MR) is 65.0 cm³/mol. The molecule has 1 atom stereocenters. The molecular formula is C13H20N2. The van der Waals surface area contributed by atoms with Crippen LogP contribution < -0.4 is 10.6 Å². The third-order valence-electron chi connectivity index (χ3n) is 3.31. The molecule has 82 valence electrons. The number of hydrogen-bond donors (Lipinski definition) is 1. The van der Waals surface area contributed by atoms with Gasteiger partial charge in [-0.05, 0) is 43.9 Å². The van der Waals surface area contributed by atoms with Crippen LogP contribution >= 0.6 is 0 Å². The molecule has 1 aliphatic rings. The van der Waals surface area contributed by atoms with Crippen molar-refractivity contribution in [2.24, 2.45) is 5.73 Å². The largest absolute Gasteiger partial charge is 0.369 e. The van der Waals surface area contributed by atoms with Crippen molar-refractivity contribution >= 4 is 5.69 Å². The quantitative estimate of drug-likeness (QED) is 0.802. The van der Waals surface area contributed by atoms with E-state index < -0.39 is 0 Å². The highest BCUT2D eigenvalue weighted by Gasteiger charge is 2.17. The number of benzene rings is 1. The molecule has 2 rings (SSSR count). The first-order valence-corrected chi connectivity index (χ1v) is 5.87. The number of nitrogens with zero attached hydrogens (tertiary/aromatic N) is 1. The van der Waals surface area contributed by atoms with Gasteiger partial charge in [0.1, 0.15) is 0 Å². The van der Waals surface area contributed by atoms with Crippen LogP contribution in [0.5, 0.6) is 0 Å². The van der Waals surface area contributed by atoms with Gasteiger partial charge in [0.2, 0.25) is 0 Å². The Kier molecular flexibility index (Phi) is 3.27. The van der Waals surface area contributed by atoms with Crippen LogP contribution in [0.15, 0.2) is 24.3 Å². The van der Waals surface area contributed by atoms with E-state index in [4.69, 9.17) is 5.73 Å². The van der Waals surface area contributed by atoms with E-state index in [1.807, 2.05) is 0 Å². The summed E-state index contributed by atoms with van der Waals surface area (Å²) in [4.78, 5) is 2.50. The van der Waals surface area contributed by atoms with E-state index in [2.05, 4.69) is 36.1 Å². The van der Waals surface area contributed by atoms with E-state index in [9.17, 15) is 0 Å². The molecule has 2 N–H and O–H groups in total. The van der Waals surface area contributed by atoms with Crippen molar-refractivity contribution in [3.63, 3.8) is 0 Å². The number of rotatable bonds is 2. The van der Waals surface area contributed by atoms with Crippen molar-refractivity contribution in [2.45, 2.75) is 38.8 Å². The fourth-order valence-corrected chi connectivity index (χ4v) is 2.31. The fraction of sp³-hybridized carbons (Fsp3) is 0.538. The summed E-state index contributed by atoms with van der Waals surface area (Å²) >= 11 is 0. The topological polar surface area (TPSA) is 29.3 Å². The normalized spacial score (nSPS) is 21.7. The van der Waals surface area contributed by atoms with E-state index in [1.54, 1.807) is 0 Å². The lowest BCUT2D eigenvalue weighted by Crippen LogP contribution is -2.37. The molecule has 2 nitrogen and oxygen atoms in total. The maximum atomic E-state index is 5.59. The lowest BCUT2D eigenvalue weighted by molar-refractivity contribution is 0.485. The second kappa shape index (κ2) is 4.67. The fourth-order valence-electron chi connectivity index (χ4n) is 2.31. The van der Waals surface area contributed by atoms with Crippen LogP contribution in [-0.4, -0.2) is 12.6 Å². The lowest BCUT2D eigenvalue weighted by Gasteiger charge is -2.35. The molecule has 1 heterocycles. The van der Waals surface area contributed by atoms with Gasteiger partial charge < -0.3 is 10.6 Å². The molecule has 1 aliphatic heterocycles. The summed E-state index contributed by atoms with van der Waals surface area (Å²) in [6, 6.07) is 9.35. The van der Waals surface area contributed by atoms with Gasteiger partial charge in [-0.3, -0.25) is 0 Å². The minimum Gasteiger partial charge on any atom is -0.369 e. The molecule has 0 aliphatic carbocycles. The molecule has 0 radical (unpaired) electrons.